The van der Waals surface area contributed by atoms with Gasteiger partial charge in [-0.2, -0.15) is 0 Å². The molecule has 0 aliphatic carbocycles. The summed E-state index contributed by atoms with van der Waals surface area (Å²) in [5.41, 5.74) is 1.92. The minimum atomic E-state index is -0.692. The van der Waals surface area contributed by atoms with Gasteiger partial charge in [0, 0.05) is 9.90 Å². The van der Waals surface area contributed by atoms with Gasteiger partial charge in [-0.25, -0.2) is 4.98 Å². The summed E-state index contributed by atoms with van der Waals surface area (Å²) in [6, 6.07) is 11.6. The zero-order valence-electron chi connectivity index (χ0n) is 18.3. The van der Waals surface area contributed by atoms with Crippen LogP contribution in [0.15, 0.2) is 51.7 Å². The van der Waals surface area contributed by atoms with Gasteiger partial charge < -0.3 is 9.15 Å². The number of halogens is 1. The van der Waals surface area contributed by atoms with Crippen molar-refractivity contribution in [2.45, 2.75) is 33.2 Å². The number of amides is 1. The smallest absolute Gasteiger partial charge is 0.297 e. The Labute approximate surface area is 199 Å². The summed E-state index contributed by atoms with van der Waals surface area (Å²) in [7, 11) is 0. The van der Waals surface area contributed by atoms with E-state index in [1.165, 1.54) is 11.3 Å². The molecule has 33 heavy (non-hydrogen) atoms. The Bertz CT molecular complexity index is 1440. The first kappa shape index (κ1) is 21.7. The summed E-state index contributed by atoms with van der Waals surface area (Å²) in [5, 5.41) is 1.28. The average Bonchev–Trinajstić information content (AvgIpc) is 3.29. The van der Waals surface area contributed by atoms with Gasteiger partial charge in [0.2, 0.25) is 5.76 Å². The minimum absolute atomic E-state index is 0.0326. The fourth-order valence-electron chi connectivity index (χ4n) is 4.01. The third kappa shape index (κ3) is 3.61. The van der Waals surface area contributed by atoms with E-state index in [0.717, 1.165) is 22.6 Å². The summed E-state index contributed by atoms with van der Waals surface area (Å²) in [5.74, 6) is 0.317. The van der Waals surface area contributed by atoms with E-state index in [-0.39, 0.29) is 16.8 Å². The maximum atomic E-state index is 13.7. The van der Waals surface area contributed by atoms with Crippen LogP contribution in [0.5, 0.6) is 5.75 Å². The molecule has 1 aliphatic heterocycles. The van der Waals surface area contributed by atoms with Gasteiger partial charge in [-0.3, -0.25) is 14.5 Å². The summed E-state index contributed by atoms with van der Waals surface area (Å²) in [4.78, 5) is 34.5. The molecule has 1 unspecified atom stereocenters. The lowest BCUT2D eigenvalue weighted by Gasteiger charge is -2.23. The Morgan fingerprint density at radius 1 is 1.18 bits per heavy atom. The molecular weight excluding hydrogens is 460 g/mol. The van der Waals surface area contributed by atoms with Crippen LogP contribution in [0, 0.1) is 13.8 Å². The standard InChI is InChI=1S/C25H21ClN2O4S/c1-4-10-31-17-7-5-6-15(11-17)21-20-22(29)18-12-16(26)8-9-19(18)32-23(20)24(30)28(21)25-27-13(2)14(3)33-25/h5-9,11-12,21H,4,10H2,1-3H3. The van der Waals surface area contributed by atoms with E-state index in [0.29, 0.717) is 33.5 Å². The molecule has 4 aromatic rings. The van der Waals surface area contributed by atoms with Crippen molar-refractivity contribution in [1.82, 2.24) is 4.98 Å². The number of fused-ring (bicyclic) bond motifs is 2. The Kier molecular flexibility index (Phi) is 5.46. The number of aryl methyl sites for hydroxylation is 2. The Morgan fingerprint density at radius 2 is 2.00 bits per heavy atom. The number of carbonyl (C=O) groups is 1. The topological polar surface area (TPSA) is 72.6 Å². The van der Waals surface area contributed by atoms with E-state index < -0.39 is 11.9 Å². The third-order valence-corrected chi connectivity index (χ3v) is 7.01. The fourth-order valence-corrected chi connectivity index (χ4v) is 5.12. The number of carbonyl (C=O) groups excluding carboxylic acids is 1. The number of thiazole rings is 1. The molecule has 1 aliphatic rings. The molecule has 0 N–H and O–H groups in total. The van der Waals surface area contributed by atoms with Crippen molar-refractivity contribution in [2.24, 2.45) is 0 Å². The number of anilines is 1. The molecule has 0 saturated carbocycles. The highest BCUT2D eigenvalue weighted by Crippen LogP contribution is 2.43. The maximum absolute atomic E-state index is 13.7. The lowest BCUT2D eigenvalue weighted by molar-refractivity contribution is 0.0971. The second-order valence-corrected chi connectivity index (χ2v) is 9.57. The number of rotatable bonds is 5. The van der Waals surface area contributed by atoms with Gasteiger partial charge in [0.15, 0.2) is 10.6 Å². The van der Waals surface area contributed by atoms with Crippen LogP contribution < -0.4 is 15.1 Å². The van der Waals surface area contributed by atoms with Crippen molar-refractivity contribution in [3.8, 4) is 5.75 Å². The summed E-state index contributed by atoms with van der Waals surface area (Å²) < 4.78 is 11.8. The molecule has 2 aromatic carbocycles. The Morgan fingerprint density at radius 3 is 2.73 bits per heavy atom. The van der Waals surface area contributed by atoms with Crippen molar-refractivity contribution in [1.29, 1.82) is 0 Å². The molecule has 0 spiro atoms. The van der Waals surface area contributed by atoms with Crippen molar-refractivity contribution >= 4 is 44.9 Å². The van der Waals surface area contributed by atoms with Gasteiger partial charge in [-0.15, -0.1) is 11.3 Å². The molecule has 6 nitrogen and oxygen atoms in total. The first-order valence-corrected chi connectivity index (χ1v) is 11.8. The molecule has 2 aromatic heterocycles. The van der Waals surface area contributed by atoms with Crippen LogP contribution in [0.25, 0.3) is 11.0 Å². The van der Waals surface area contributed by atoms with Crippen molar-refractivity contribution in [3.05, 3.63) is 85.2 Å². The van der Waals surface area contributed by atoms with Gasteiger partial charge in [-0.1, -0.05) is 30.7 Å². The van der Waals surface area contributed by atoms with Gasteiger partial charge in [0.1, 0.15) is 11.3 Å². The zero-order valence-corrected chi connectivity index (χ0v) is 19.9. The number of hydrogen-bond donors (Lipinski definition) is 0. The van der Waals surface area contributed by atoms with Crippen LogP contribution in [0.1, 0.15) is 51.6 Å². The van der Waals surface area contributed by atoms with Gasteiger partial charge in [0.25, 0.3) is 5.91 Å². The van der Waals surface area contributed by atoms with Crippen LogP contribution in [0.3, 0.4) is 0 Å². The minimum Gasteiger partial charge on any atom is -0.494 e. The first-order chi connectivity index (χ1) is 15.9. The summed E-state index contributed by atoms with van der Waals surface area (Å²) in [6.45, 7) is 6.46. The molecular formula is C25H21ClN2O4S. The number of hydrogen-bond acceptors (Lipinski definition) is 6. The van der Waals surface area contributed by atoms with Gasteiger partial charge >= 0.3 is 0 Å². The molecule has 0 fully saturated rings. The van der Waals surface area contributed by atoms with Crippen LogP contribution >= 0.6 is 22.9 Å². The lowest BCUT2D eigenvalue weighted by atomic mass is 9.98. The molecule has 0 radical (unpaired) electrons. The fraction of sp³-hybridized carbons (Fsp3) is 0.240. The number of aromatic nitrogens is 1. The summed E-state index contributed by atoms with van der Waals surface area (Å²) in [6.07, 6.45) is 0.870. The van der Waals surface area contributed by atoms with E-state index in [4.69, 9.17) is 20.8 Å². The average molecular weight is 481 g/mol. The van der Waals surface area contributed by atoms with E-state index >= 15 is 0 Å². The second-order valence-electron chi connectivity index (χ2n) is 7.95. The predicted molar refractivity (Wildman–Crippen MR) is 130 cm³/mol. The SMILES string of the molecule is CCCOc1cccc(C2c3c(oc4ccc(Cl)cc4c3=O)C(=O)N2c2nc(C)c(C)s2)c1. The van der Waals surface area contributed by atoms with Crippen molar-refractivity contribution in [2.75, 3.05) is 11.5 Å². The van der Waals surface area contributed by atoms with Crippen molar-refractivity contribution in [3.63, 3.8) is 0 Å². The largest absolute Gasteiger partial charge is 0.494 e. The van der Waals surface area contributed by atoms with E-state index in [2.05, 4.69) is 4.98 Å². The second kappa shape index (κ2) is 8.32. The van der Waals surface area contributed by atoms with Crippen LogP contribution in [0.4, 0.5) is 5.13 Å². The highest BCUT2D eigenvalue weighted by molar-refractivity contribution is 7.15. The molecule has 1 atom stereocenters. The Balaban J connectivity index is 1.76. The lowest BCUT2D eigenvalue weighted by Crippen LogP contribution is -2.29. The monoisotopic (exact) mass is 480 g/mol. The number of ether oxygens (including phenoxy) is 1. The highest BCUT2D eigenvalue weighted by Gasteiger charge is 2.45. The number of nitrogens with zero attached hydrogens (tertiary/aromatic N) is 2. The molecule has 3 heterocycles. The summed E-state index contributed by atoms with van der Waals surface area (Å²) >= 11 is 7.57. The molecule has 168 valence electrons. The maximum Gasteiger partial charge on any atom is 0.297 e. The van der Waals surface area contributed by atoms with E-state index in [9.17, 15) is 9.59 Å². The van der Waals surface area contributed by atoms with Crippen LogP contribution in [0.2, 0.25) is 5.02 Å². The third-order valence-electron chi connectivity index (χ3n) is 5.70. The van der Waals surface area contributed by atoms with Gasteiger partial charge in [-0.05, 0) is 56.2 Å². The number of benzene rings is 2. The van der Waals surface area contributed by atoms with E-state index in [1.54, 1.807) is 23.1 Å². The molecule has 0 bridgehead atoms. The predicted octanol–water partition coefficient (Wildman–Crippen LogP) is 6.06. The molecule has 5 rings (SSSR count). The van der Waals surface area contributed by atoms with Crippen molar-refractivity contribution < 1.29 is 13.9 Å². The van der Waals surface area contributed by atoms with Crippen LogP contribution in [-0.4, -0.2) is 17.5 Å². The molecule has 0 saturated heterocycles. The zero-order chi connectivity index (χ0) is 23.3. The molecule has 8 heteroatoms. The first-order valence-electron chi connectivity index (χ1n) is 10.7. The van der Waals surface area contributed by atoms with Crippen LogP contribution in [-0.2, 0) is 0 Å². The van der Waals surface area contributed by atoms with E-state index in [1.807, 2.05) is 45.0 Å². The van der Waals surface area contributed by atoms with Gasteiger partial charge in [0.05, 0.1) is 29.3 Å². The Hall–Kier alpha value is -3.16. The molecule has 1 amide bonds. The quantitative estimate of drug-likeness (QED) is 0.347. The highest BCUT2D eigenvalue weighted by atomic mass is 35.5. The normalized spacial score (nSPS) is 15.3.